The fourth-order valence-electron chi connectivity index (χ4n) is 2.86. The molecule has 2 aliphatic heterocycles. The zero-order valence-corrected chi connectivity index (χ0v) is 13.6. The van der Waals surface area contributed by atoms with Gasteiger partial charge in [0.2, 0.25) is 0 Å². The standard InChI is InChI=1S/C14H21BrN2OS/c15-14-4-3-13(19-14)11-17-7-5-16(6-8-17)10-12-2-1-9-18-12/h3-4,12H,1-2,5-11H2. The first-order valence-electron chi connectivity index (χ1n) is 7.10. The van der Waals surface area contributed by atoms with Crippen LogP contribution >= 0.6 is 27.3 Å². The molecule has 106 valence electrons. The van der Waals surface area contributed by atoms with E-state index in [2.05, 4.69) is 37.9 Å². The molecule has 0 saturated carbocycles. The fourth-order valence-corrected chi connectivity index (χ4v) is 4.39. The molecule has 0 spiro atoms. The van der Waals surface area contributed by atoms with Gasteiger partial charge in [-0.2, -0.15) is 0 Å². The lowest BCUT2D eigenvalue weighted by atomic mass is 10.2. The lowest BCUT2D eigenvalue weighted by Crippen LogP contribution is -2.47. The molecule has 1 aromatic heterocycles. The van der Waals surface area contributed by atoms with Gasteiger partial charge in [0, 0.05) is 50.8 Å². The van der Waals surface area contributed by atoms with Gasteiger partial charge >= 0.3 is 0 Å². The van der Waals surface area contributed by atoms with Gasteiger partial charge < -0.3 is 4.74 Å². The summed E-state index contributed by atoms with van der Waals surface area (Å²) in [6.07, 6.45) is 3.00. The van der Waals surface area contributed by atoms with Crippen molar-refractivity contribution in [2.75, 3.05) is 39.3 Å². The van der Waals surface area contributed by atoms with Gasteiger partial charge in [0.1, 0.15) is 0 Å². The Bertz CT molecular complexity index is 398. The second-order valence-electron chi connectivity index (χ2n) is 5.42. The van der Waals surface area contributed by atoms with Crippen LogP contribution in [0.2, 0.25) is 0 Å². The Balaban J connectivity index is 1.41. The number of ether oxygens (including phenoxy) is 1. The molecule has 0 radical (unpaired) electrons. The van der Waals surface area contributed by atoms with Crippen LogP contribution in [0, 0.1) is 0 Å². The van der Waals surface area contributed by atoms with Crippen molar-refractivity contribution < 1.29 is 4.74 Å². The average Bonchev–Trinajstić information content (AvgIpc) is 3.04. The monoisotopic (exact) mass is 344 g/mol. The van der Waals surface area contributed by atoms with Crippen molar-refractivity contribution >= 4 is 27.3 Å². The number of rotatable bonds is 4. The molecule has 0 amide bonds. The van der Waals surface area contributed by atoms with E-state index in [9.17, 15) is 0 Å². The molecule has 1 unspecified atom stereocenters. The van der Waals surface area contributed by atoms with E-state index in [4.69, 9.17) is 4.74 Å². The van der Waals surface area contributed by atoms with Gasteiger partial charge in [-0.3, -0.25) is 9.80 Å². The molecule has 2 saturated heterocycles. The number of hydrogen-bond donors (Lipinski definition) is 0. The molecule has 3 rings (SSSR count). The highest BCUT2D eigenvalue weighted by molar-refractivity contribution is 9.11. The van der Waals surface area contributed by atoms with Crippen molar-refractivity contribution in [3.8, 4) is 0 Å². The van der Waals surface area contributed by atoms with E-state index < -0.39 is 0 Å². The molecular weight excluding hydrogens is 324 g/mol. The predicted molar refractivity (Wildman–Crippen MR) is 82.7 cm³/mol. The molecule has 19 heavy (non-hydrogen) atoms. The van der Waals surface area contributed by atoms with Gasteiger partial charge in [0.25, 0.3) is 0 Å². The minimum absolute atomic E-state index is 0.500. The molecule has 5 heteroatoms. The van der Waals surface area contributed by atoms with E-state index in [1.807, 2.05) is 11.3 Å². The van der Waals surface area contributed by atoms with Crippen molar-refractivity contribution in [2.24, 2.45) is 0 Å². The second kappa shape index (κ2) is 6.68. The van der Waals surface area contributed by atoms with E-state index in [1.54, 1.807) is 0 Å². The van der Waals surface area contributed by atoms with Crippen LogP contribution in [-0.4, -0.2) is 55.2 Å². The number of piperazine rings is 1. The third-order valence-electron chi connectivity index (χ3n) is 3.96. The Hall–Kier alpha value is 0.0600. The fraction of sp³-hybridized carbons (Fsp3) is 0.714. The number of halogens is 1. The van der Waals surface area contributed by atoms with Gasteiger partial charge in [-0.05, 0) is 40.9 Å². The molecule has 0 bridgehead atoms. The van der Waals surface area contributed by atoms with Crippen molar-refractivity contribution in [3.05, 3.63) is 20.8 Å². The summed E-state index contributed by atoms with van der Waals surface area (Å²) in [4.78, 5) is 6.58. The molecule has 1 aromatic rings. The minimum atomic E-state index is 0.500. The molecule has 0 aromatic carbocycles. The molecule has 2 fully saturated rings. The summed E-state index contributed by atoms with van der Waals surface area (Å²) in [7, 11) is 0. The zero-order chi connectivity index (χ0) is 13.1. The lowest BCUT2D eigenvalue weighted by molar-refractivity contribution is 0.0491. The first-order valence-corrected chi connectivity index (χ1v) is 8.71. The predicted octanol–water partition coefficient (Wildman–Crippen LogP) is 2.81. The van der Waals surface area contributed by atoms with Gasteiger partial charge in [-0.15, -0.1) is 11.3 Å². The van der Waals surface area contributed by atoms with Crippen LogP contribution in [0.5, 0.6) is 0 Å². The Morgan fingerprint density at radius 1 is 1.21 bits per heavy atom. The Kier molecular flexibility index (Phi) is 4.92. The smallest absolute Gasteiger partial charge is 0.0702 e. The average molecular weight is 345 g/mol. The molecule has 0 N–H and O–H groups in total. The summed E-state index contributed by atoms with van der Waals surface area (Å²) >= 11 is 5.38. The summed E-state index contributed by atoms with van der Waals surface area (Å²) in [5.74, 6) is 0. The summed E-state index contributed by atoms with van der Waals surface area (Å²) in [5, 5.41) is 0. The molecule has 1 atom stereocenters. The third kappa shape index (κ3) is 4.02. The quantitative estimate of drug-likeness (QED) is 0.835. The van der Waals surface area contributed by atoms with Gasteiger partial charge in [0.15, 0.2) is 0 Å². The van der Waals surface area contributed by atoms with Gasteiger partial charge in [0.05, 0.1) is 9.89 Å². The maximum absolute atomic E-state index is 5.72. The third-order valence-corrected chi connectivity index (χ3v) is 5.57. The van der Waals surface area contributed by atoms with Crippen molar-refractivity contribution in [2.45, 2.75) is 25.5 Å². The van der Waals surface area contributed by atoms with Crippen LogP contribution in [0.1, 0.15) is 17.7 Å². The summed E-state index contributed by atoms with van der Waals surface area (Å²) in [6, 6.07) is 4.38. The minimum Gasteiger partial charge on any atom is -0.377 e. The maximum atomic E-state index is 5.72. The van der Waals surface area contributed by atoms with E-state index in [1.165, 1.54) is 47.7 Å². The van der Waals surface area contributed by atoms with Gasteiger partial charge in [-0.1, -0.05) is 0 Å². The normalized spacial score (nSPS) is 26.1. The van der Waals surface area contributed by atoms with E-state index in [0.717, 1.165) is 19.7 Å². The molecule has 3 heterocycles. The summed E-state index contributed by atoms with van der Waals surface area (Å²) in [6.45, 7) is 7.95. The Morgan fingerprint density at radius 3 is 2.63 bits per heavy atom. The second-order valence-corrected chi connectivity index (χ2v) is 7.97. The topological polar surface area (TPSA) is 15.7 Å². The van der Waals surface area contributed by atoms with Gasteiger partial charge in [-0.25, -0.2) is 0 Å². The lowest BCUT2D eigenvalue weighted by Gasteiger charge is -2.35. The van der Waals surface area contributed by atoms with Crippen molar-refractivity contribution in [3.63, 3.8) is 0 Å². The van der Waals surface area contributed by atoms with E-state index in [0.29, 0.717) is 6.10 Å². The van der Waals surface area contributed by atoms with E-state index >= 15 is 0 Å². The van der Waals surface area contributed by atoms with Crippen LogP contribution < -0.4 is 0 Å². The van der Waals surface area contributed by atoms with Crippen LogP contribution in [-0.2, 0) is 11.3 Å². The highest BCUT2D eigenvalue weighted by Crippen LogP contribution is 2.23. The molecule has 2 aliphatic rings. The molecule has 0 aliphatic carbocycles. The highest BCUT2D eigenvalue weighted by atomic mass is 79.9. The van der Waals surface area contributed by atoms with E-state index in [-0.39, 0.29) is 0 Å². The Labute approximate surface area is 127 Å². The maximum Gasteiger partial charge on any atom is 0.0702 e. The zero-order valence-electron chi connectivity index (χ0n) is 11.2. The van der Waals surface area contributed by atoms with Crippen LogP contribution in [0.15, 0.2) is 15.9 Å². The molecule has 3 nitrogen and oxygen atoms in total. The number of thiophene rings is 1. The van der Waals surface area contributed by atoms with Crippen molar-refractivity contribution in [1.82, 2.24) is 9.80 Å². The SMILES string of the molecule is Brc1ccc(CN2CCN(CC3CCCO3)CC2)s1. The van der Waals surface area contributed by atoms with Crippen molar-refractivity contribution in [1.29, 1.82) is 0 Å². The van der Waals surface area contributed by atoms with Crippen LogP contribution in [0.3, 0.4) is 0 Å². The van der Waals surface area contributed by atoms with Crippen LogP contribution in [0.4, 0.5) is 0 Å². The Morgan fingerprint density at radius 2 is 2.00 bits per heavy atom. The first-order chi connectivity index (χ1) is 9.29. The summed E-state index contributed by atoms with van der Waals surface area (Å²) in [5.41, 5.74) is 0. The first kappa shape index (κ1) is 14.0. The summed E-state index contributed by atoms with van der Waals surface area (Å²) < 4.78 is 6.96. The largest absolute Gasteiger partial charge is 0.377 e. The highest BCUT2D eigenvalue weighted by Gasteiger charge is 2.22. The number of nitrogens with zero attached hydrogens (tertiary/aromatic N) is 2. The van der Waals surface area contributed by atoms with Crippen LogP contribution in [0.25, 0.3) is 0 Å². The number of hydrogen-bond acceptors (Lipinski definition) is 4. The molecular formula is C14H21BrN2OS.